The third-order valence-electron chi connectivity index (χ3n) is 9.62. The molecule has 4 aromatic carbocycles. The average molecular weight is 763 g/mol. The second-order valence-electron chi connectivity index (χ2n) is 16.5. The lowest BCUT2D eigenvalue weighted by Crippen LogP contribution is -2.18. The van der Waals surface area contributed by atoms with Crippen molar-refractivity contribution >= 4 is 35.1 Å². The zero-order valence-corrected chi connectivity index (χ0v) is 35.8. The number of phenols is 2. The first-order valence-corrected chi connectivity index (χ1v) is 19.1. The monoisotopic (exact) mass is 762 g/mol. The van der Waals surface area contributed by atoms with Gasteiger partial charge in [-0.3, -0.25) is 9.59 Å². The van der Waals surface area contributed by atoms with Crippen LogP contribution in [0.1, 0.15) is 135 Å². The molecule has 8 heteroatoms. The summed E-state index contributed by atoms with van der Waals surface area (Å²) >= 11 is 0. The van der Waals surface area contributed by atoms with E-state index in [1.54, 1.807) is 50.6 Å². The molecule has 0 fully saturated rings. The summed E-state index contributed by atoms with van der Waals surface area (Å²) in [7, 11) is 6.85. The van der Waals surface area contributed by atoms with E-state index in [2.05, 4.69) is 66.0 Å². The molecule has 0 amide bonds. The molecule has 4 rings (SSSR count). The predicted octanol–water partition coefficient (Wildman–Crippen LogP) is 11.5. The van der Waals surface area contributed by atoms with Crippen LogP contribution in [0.3, 0.4) is 0 Å². The van der Waals surface area contributed by atoms with E-state index < -0.39 is 0 Å². The smallest absolute Gasteiger partial charge is 0.185 e. The number of ketones is 2. The number of allylic oxidation sites excluding steroid dienone is 2. The van der Waals surface area contributed by atoms with Crippen LogP contribution in [0.25, 0.3) is 12.2 Å². The number of aromatic hydroxyl groups is 2. The maximum Gasteiger partial charge on any atom is 0.185 e. The number of rotatable bonds is 12. The average Bonchev–Trinajstić information content (AvgIpc) is 3.15. The first kappa shape index (κ1) is 44.9. The molecule has 0 aromatic heterocycles. The second-order valence-corrected chi connectivity index (χ2v) is 16.5. The molecule has 0 radical (unpaired) electrons. The van der Waals surface area contributed by atoms with E-state index in [-0.39, 0.29) is 45.7 Å². The number of anilines is 2. The van der Waals surface area contributed by atoms with Crippen LogP contribution in [0.5, 0.6) is 23.0 Å². The predicted molar refractivity (Wildman–Crippen MR) is 234 cm³/mol. The van der Waals surface area contributed by atoms with Gasteiger partial charge in [-0.25, -0.2) is 0 Å². The first-order chi connectivity index (χ1) is 26.2. The fourth-order valence-corrected chi connectivity index (χ4v) is 6.26. The highest BCUT2D eigenvalue weighted by molar-refractivity contribution is 6.08. The van der Waals surface area contributed by atoms with Gasteiger partial charge < -0.3 is 30.3 Å². The van der Waals surface area contributed by atoms with Gasteiger partial charge in [0.1, 0.15) is 23.0 Å². The van der Waals surface area contributed by atoms with Crippen molar-refractivity contribution in [3.8, 4) is 23.0 Å². The Kier molecular flexibility index (Phi) is 15.1. The van der Waals surface area contributed by atoms with Gasteiger partial charge in [0.05, 0.1) is 25.3 Å². The number of phenolic OH excluding ortho intramolecular Hbond substituents is 2. The highest BCUT2D eigenvalue weighted by atomic mass is 16.5. The Morgan fingerprint density at radius 2 is 0.982 bits per heavy atom. The molecule has 0 heterocycles. The molecule has 4 aromatic rings. The second kappa shape index (κ2) is 18.9. The van der Waals surface area contributed by atoms with Crippen molar-refractivity contribution in [2.75, 3.05) is 38.9 Å². The van der Waals surface area contributed by atoms with Gasteiger partial charge in [-0.15, -0.1) is 0 Å². The van der Waals surface area contributed by atoms with E-state index in [0.717, 1.165) is 33.6 Å². The molecule has 300 valence electrons. The number of hydrogen-bond acceptors (Lipinski definition) is 8. The Hall–Kier alpha value is -5.50. The highest BCUT2D eigenvalue weighted by Gasteiger charge is 2.29. The molecule has 0 spiro atoms. The summed E-state index contributed by atoms with van der Waals surface area (Å²) in [5, 5.41) is 27.9. The summed E-state index contributed by atoms with van der Waals surface area (Å²) in [5.74, 6) is 1.66. The van der Waals surface area contributed by atoms with Gasteiger partial charge in [0.2, 0.25) is 0 Å². The number of carbonyl (C=O) groups excluding carboxylic acids is 2. The Bertz CT molecular complexity index is 2040. The largest absolute Gasteiger partial charge is 0.507 e. The van der Waals surface area contributed by atoms with E-state index in [9.17, 15) is 19.8 Å². The topological polar surface area (TPSA) is 117 Å². The molecular formula is C48H62N2O6. The Morgan fingerprint density at radius 1 is 0.589 bits per heavy atom. The number of methoxy groups -OCH3 is 2. The first-order valence-electron chi connectivity index (χ1n) is 19.1. The SMILES string of the molecule is CNc1ccc(C(=O)/C=C/c2c(O)c(C(C)(C)C)cc(C(C)(C)C)c2OC)cc1.CNc1ccc(C(=O)/C=C/c2c(O)c(C(C)C)cc(C(C)C)c2OC)cc1. The Morgan fingerprint density at radius 3 is 1.32 bits per heavy atom. The van der Waals surface area contributed by atoms with Crippen molar-refractivity contribution in [1.29, 1.82) is 0 Å². The molecule has 0 saturated carbocycles. The fourth-order valence-electron chi connectivity index (χ4n) is 6.26. The summed E-state index contributed by atoms with van der Waals surface area (Å²) in [6.07, 6.45) is 6.29. The van der Waals surface area contributed by atoms with Crippen LogP contribution < -0.4 is 20.1 Å². The molecule has 0 saturated heterocycles. The van der Waals surface area contributed by atoms with Crippen LogP contribution in [-0.2, 0) is 10.8 Å². The molecule has 56 heavy (non-hydrogen) atoms. The number of nitrogens with one attached hydrogen (secondary N) is 2. The summed E-state index contributed by atoms with van der Waals surface area (Å²) in [4.78, 5) is 25.2. The molecular weight excluding hydrogens is 701 g/mol. The molecule has 0 aliphatic rings. The van der Waals surface area contributed by atoms with Gasteiger partial charge in [0.15, 0.2) is 11.6 Å². The lowest BCUT2D eigenvalue weighted by molar-refractivity contribution is 0.103. The van der Waals surface area contributed by atoms with Crippen LogP contribution in [0, 0.1) is 0 Å². The van der Waals surface area contributed by atoms with E-state index in [4.69, 9.17) is 9.47 Å². The van der Waals surface area contributed by atoms with E-state index in [0.29, 0.717) is 33.8 Å². The maximum absolute atomic E-state index is 12.7. The van der Waals surface area contributed by atoms with Crippen molar-refractivity contribution < 1.29 is 29.3 Å². The molecule has 0 atom stereocenters. The summed E-state index contributed by atoms with van der Waals surface area (Å²) in [5.41, 5.74) is 7.39. The van der Waals surface area contributed by atoms with Gasteiger partial charge in [-0.05, 0) is 119 Å². The summed E-state index contributed by atoms with van der Waals surface area (Å²) in [6.45, 7) is 20.7. The third kappa shape index (κ3) is 10.8. The molecule has 4 N–H and O–H groups in total. The van der Waals surface area contributed by atoms with Crippen molar-refractivity contribution in [3.05, 3.63) is 117 Å². The zero-order valence-electron chi connectivity index (χ0n) is 35.8. The van der Waals surface area contributed by atoms with Gasteiger partial charge in [0.25, 0.3) is 0 Å². The number of hydrogen-bond donors (Lipinski definition) is 4. The van der Waals surface area contributed by atoms with E-state index >= 15 is 0 Å². The van der Waals surface area contributed by atoms with E-state index in [1.807, 2.05) is 64.3 Å². The maximum atomic E-state index is 12.7. The number of benzene rings is 4. The minimum Gasteiger partial charge on any atom is -0.507 e. The number of carbonyl (C=O) groups is 2. The fraction of sp³-hybridized carbons (Fsp3) is 0.375. The third-order valence-corrected chi connectivity index (χ3v) is 9.62. The van der Waals surface area contributed by atoms with Crippen LogP contribution in [0.4, 0.5) is 11.4 Å². The zero-order chi connectivity index (χ0) is 42.1. The van der Waals surface area contributed by atoms with Crippen LogP contribution in [0.2, 0.25) is 0 Å². The lowest BCUT2D eigenvalue weighted by atomic mass is 9.78. The minimum atomic E-state index is -0.258. The number of ether oxygens (including phenoxy) is 2. The van der Waals surface area contributed by atoms with Crippen LogP contribution >= 0.6 is 0 Å². The van der Waals surface area contributed by atoms with E-state index in [1.165, 1.54) is 12.2 Å². The molecule has 0 aliphatic carbocycles. The Balaban J connectivity index is 0.000000301. The molecule has 0 bridgehead atoms. The van der Waals surface area contributed by atoms with Gasteiger partial charge in [-0.2, -0.15) is 0 Å². The van der Waals surface area contributed by atoms with Crippen molar-refractivity contribution in [3.63, 3.8) is 0 Å². The Labute approximate surface area is 334 Å². The quantitative estimate of drug-likeness (QED) is 0.0832. The molecule has 0 aliphatic heterocycles. The standard InChI is InChI=1S/C25H33NO3.C23H29NO3/c1-24(2,3)19-15-20(25(4,5)6)23(29-8)18(22(19)28)13-14-21(27)16-9-11-17(26-7)12-10-16;1-14(2)19-13-20(15(3)4)23(27-6)18(22(19)26)11-12-21(25)16-7-9-17(24-5)10-8-16/h9-15,26,28H,1-8H3;7-15,24,26H,1-6H3/b14-13+;12-11+. The minimum absolute atomic E-state index is 0.125. The highest BCUT2D eigenvalue weighted by Crippen LogP contribution is 2.45. The van der Waals surface area contributed by atoms with Gasteiger partial charge in [-0.1, -0.05) is 69.2 Å². The van der Waals surface area contributed by atoms with Crippen molar-refractivity contribution in [2.24, 2.45) is 0 Å². The van der Waals surface area contributed by atoms with Crippen LogP contribution in [0.15, 0.2) is 72.8 Å². The molecule has 0 unspecified atom stereocenters. The lowest BCUT2D eigenvalue weighted by Gasteiger charge is -2.29. The summed E-state index contributed by atoms with van der Waals surface area (Å²) in [6, 6.07) is 18.6. The van der Waals surface area contributed by atoms with Crippen LogP contribution in [-0.4, -0.2) is 50.1 Å². The van der Waals surface area contributed by atoms with Gasteiger partial charge >= 0.3 is 0 Å². The van der Waals surface area contributed by atoms with Gasteiger partial charge in [0, 0.05) is 47.7 Å². The normalized spacial score (nSPS) is 11.9. The summed E-state index contributed by atoms with van der Waals surface area (Å²) < 4.78 is 11.3. The van der Waals surface area contributed by atoms with Crippen molar-refractivity contribution in [1.82, 2.24) is 0 Å². The van der Waals surface area contributed by atoms with Crippen molar-refractivity contribution in [2.45, 2.75) is 91.9 Å². The molecule has 8 nitrogen and oxygen atoms in total.